The Balaban J connectivity index is 1.85. The number of rotatable bonds is 10. The number of ether oxygens (including phenoxy) is 2. The van der Waals surface area contributed by atoms with Gasteiger partial charge in [-0.15, -0.1) is 11.3 Å². The van der Waals surface area contributed by atoms with E-state index in [-0.39, 0.29) is 12.5 Å². The highest BCUT2D eigenvalue weighted by atomic mass is 32.1. The average Bonchev–Trinajstić information content (AvgIpc) is 3.22. The molecule has 2 aromatic carbocycles. The van der Waals surface area contributed by atoms with E-state index in [1.54, 1.807) is 13.0 Å². The Morgan fingerprint density at radius 3 is 2.59 bits per heavy atom. The molecular formula is C28H31NO4S. The van der Waals surface area contributed by atoms with E-state index in [1.807, 2.05) is 55.6 Å². The minimum Gasteiger partial charge on any atom is -0.493 e. The molecule has 0 aliphatic heterocycles. The van der Waals surface area contributed by atoms with Gasteiger partial charge in [-0.05, 0) is 50.5 Å². The van der Waals surface area contributed by atoms with Gasteiger partial charge in [0.15, 0.2) is 0 Å². The lowest BCUT2D eigenvalue weighted by molar-refractivity contribution is -0.111. The summed E-state index contributed by atoms with van der Waals surface area (Å²) in [5, 5.41) is 5.22. The van der Waals surface area contributed by atoms with E-state index >= 15 is 0 Å². The quantitative estimate of drug-likeness (QED) is 0.193. The molecule has 3 rings (SSSR count). The number of aryl methyl sites for hydroxylation is 2. The molecule has 5 nitrogen and oxygen atoms in total. The molecule has 1 heterocycles. The molecule has 34 heavy (non-hydrogen) atoms. The van der Waals surface area contributed by atoms with E-state index in [2.05, 4.69) is 18.3 Å². The summed E-state index contributed by atoms with van der Waals surface area (Å²) in [6, 6.07) is 13.7. The van der Waals surface area contributed by atoms with Crippen LogP contribution in [0.2, 0.25) is 0 Å². The normalized spacial score (nSPS) is 10.9. The van der Waals surface area contributed by atoms with Crippen molar-refractivity contribution in [2.45, 2.75) is 40.5 Å². The summed E-state index contributed by atoms with van der Waals surface area (Å²) < 4.78 is 11.1. The lowest BCUT2D eigenvalue weighted by Crippen LogP contribution is -2.12. The molecule has 1 amide bonds. The molecule has 3 aromatic rings. The zero-order valence-corrected chi connectivity index (χ0v) is 21.0. The Hall–Kier alpha value is -3.38. The zero-order valence-electron chi connectivity index (χ0n) is 20.1. The first-order valence-corrected chi connectivity index (χ1v) is 12.4. The Labute approximate surface area is 205 Å². The van der Waals surface area contributed by atoms with Gasteiger partial charge in [-0.25, -0.2) is 4.79 Å². The Bertz CT molecular complexity index is 1180. The van der Waals surface area contributed by atoms with Crippen molar-refractivity contribution in [3.63, 3.8) is 0 Å². The number of benzene rings is 2. The number of anilines is 1. The van der Waals surface area contributed by atoms with Crippen LogP contribution < -0.4 is 10.1 Å². The molecule has 0 saturated heterocycles. The minimum absolute atomic E-state index is 0.253. The number of para-hydroxylation sites is 1. The fourth-order valence-electron chi connectivity index (χ4n) is 3.57. The van der Waals surface area contributed by atoms with Crippen LogP contribution >= 0.6 is 11.3 Å². The molecular weight excluding hydrogens is 446 g/mol. The number of carbonyl (C=O) groups excluding carboxylic acids is 2. The van der Waals surface area contributed by atoms with Crippen molar-refractivity contribution in [1.82, 2.24) is 0 Å². The highest BCUT2D eigenvalue weighted by Gasteiger charge is 2.23. The molecule has 178 valence electrons. The van der Waals surface area contributed by atoms with Gasteiger partial charge in [-0.2, -0.15) is 0 Å². The number of hydrogen-bond donors (Lipinski definition) is 1. The Kier molecular flexibility index (Phi) is 9.05. The van der Waals surface area contributed by atoms with Crippen LogP contribution in [0.15, 0.2) is 53.9 Å². The van der Waals surface area contributed by atoms with Crippen molar-refractivity contribution in [3.05, 3.63) is 76.2 Å². The average molecular weight is 478 g/mol. The van der Waals surface area contributed by atoms with Gasteiger partial charge < -0.3 is 14.8 Å². The standard InChI is InChI=1S/C28H31NO4S/c1-5-7-16-33-24-11-9-8-10-21(24)13-15-25(30)29-27-26(28(31)32-6-2)23(18-34-27)22-14-12-19(3)17-20(22)4/h8-15,17-18H,5-7,16H2,1-4H3,(H,29,30)/b15-13+. The smallest absolute Gasteiger partial charge is 0.341 e. The highest BCUT2D eigenvalue weighted by molar-refractivity contribution is 7.15. The molecule has 0 radical (unpaired) electrons. The van der Waals surface area contributed by atoms with Crippen molar-refractivity contribution < 1.29 is 19.1 Å². The van der Waals surface area contributed by atoms with E-state index < -0.39 is 5.97 Å². The summed E-state index contributed by atoms with van der Waals surface area (Å²) in [5.41, 5.74) is 5.10. The van der Waals surface area contributed by atoms with E-state index in [4.69, 9.17) is 9.47 Å². The topological polar surface area (TPSA) is 64.6 Å². The van der Waals surface area contributed by atoms with Crippen LogP contribution in [-0.4, -0.2) is 25.1 Å². The highest BCUT2D eigenvalue weighted by Crippen LogP contribution is 2.38. The van der Waals surface area contributed by atoms with Gasteiger partial charge in [0.2, 0.25) is 5.91 Å². The molecule has 0 spiro atoms. The number of carbonyl (C=O) groups is 2. The second kappa shape index (κ2) is 12.2. The summed E-state index contributed by atoms with van der Waals surface area (Å²) in [7, 11) is 0. The summed E-state index contributed by atoms with van der Waals surface area (Å²) in [5.74, 6) is -0.0453. The van der Waals surface area contributed by atoms with Crippen LogP contribution in [0.4, 0.5) is 5.00 Å². The molecule has 0 unspecified atom stereocenters. The third kappa shape index (κ3) is 6.35. The van der Waals surface area contributed by atoms with Crippen molar-refractivity contribution in [1.29, 1.82) is 0 Å². The summed E-state index contributed by atoms with van der Waals surface area (Å²) in [6.45, 7) is 8.80. The molecule has 0 atom stereocenters. The van der Waals surface area contributed by atoms with Crippen LogP contribution in [0.25, 0.3) is 17.2 Å². The molecule has 0 fully saturated rings. The Morgan fingerprint density at radius 1 is 1.06 bits per heavy atom. The molecule has 0 aliphatic rings. The monoisotopic (exact) mass is 477 g/mol. The van der Waals surface area contributed by atoms with Gasteiger partial charge >= 0.3 is 5.97 Å². The lowest BCUT2D eigenvalue weighted by Gasteiger charge is -2.10. The number of thiophene rings is 1. The third-order valence-electron chi connectivity index (χ3n) is 5.27. The Morgan fingerprint density at radius 2 is 1.85 bits per heavy atom. The second-order valence-corrected chi connectivity index (χ2v) is 8.83. The lowest BCUT2D eigenvalue weighted by atomic mass is 9.97. The predicted molar refractivity (Wildman–Crippen MR) is 140 cm³/mol. The molecule has 1 N–H and O–H groups in total. The van der Waals surface area contributed by atoms with Gasteiger partial charge in [-0.3, -0.25) is 4.79 Å². The van der Waals surface area contributed by atoms with Gasteiger partial charge in [0, 0.05) is 22.6 Å². The number of unbranched alkanes of at least 4 members (excludes halogenated alkanes) is 1. The zero-order chi connectivity index (χ0) is 24.5. The maximum atomic E-state index is 12.8. The van der Waals surface area contributed by atoms with E-state index in [0.29, 0.717) is 17.2 Å². The first-order valence-electron chi connectivity index (χ1n) is 11.5. The van der Waals surface area contributed by atoms with Crippen LogP contribution in [0.5, 0.6) is 5.75 Å². The molecule has 0 saturated carbocycles. The van der Waals surface area contributed by atoms with Crippen molar-refractivity contribution in [2.75, 3.05) is 18.5 Å². The summed E-state index contributed by atoms with van der Waals surface area (Å²) >= 11 is 1.31. The SMILES string of the molecule is CCCCOc1ccccc1/C=C/C(=O)Nc1scc(-c2ccc(C)cc2C)c1C(=O)OCC. The van der Waals surface area contributed by atoms with Crippen LogP contribution in [0.3, 0.4) is 0 Å². The minimum atomic E-state index is -0.451. The van der Waals surface area contributed by atoms with Crippen molar-refractivity contribution >= 4 is 34.3 Å². The van der Waals surface area contributed by atoms with Gasteiger partial charge in [-0.1, -0.05) is 55.3 Å². The number of nitrogens with one attached hydrogen (secondary N) is 1. The number of esters is 1. The first kappa shape index (κ1) is 25.2. The van der Waals surface area contributed by atoms with E-state index in [0.717, 1.165) is 46.4 Å². The van der Waals surface area contributed by atoms with Crippen LogP contribution in [0, 0.1) is 13.8 Å². The number of amides is 1. The van der Waals surface area contributed by atoms with Gasteiger partial charge in [0.25, 0.3) is 0 Å². The van der Waals surface area contributed by atoms with Gasteiger partial charge in [0.05, 0.1) is 13.2 Å². The fourth-order valence-corrected chi connectivity index (χ4v) is 4.52. The van der Waals surface area contributed by atoms with Crippen molar-refractivity contribution in [2.24, 2.45) is 0 Å². The first-order chi connectivity index (χ1) is 16.4. The molecule has 0 bridgehead atoms. The van der Waals surface area contributed by atoms with E-state index in [9.17, 15) is 9.59 Å². The predicted octanol–water partition coefficient (Wildman–Crippen LogP) is 7.04. The second-order valence-electron chi connectivity index (χ2n) is 7.95. The van der Waals surface area contributed by atoms with Gasteiger partial charge in [0.1, 0.15) is 16.3 Å². The third-order valence-corrected chi connectivity index (χ3v) is 6.16. The fraction of sp³-hybridized carbons (Fsp3) is 0.286. The summed E-state index contributed by atoms with van der Waals surface area (Å²) in [4.78, 5) is 25.6. The van der Waals surface area contributed by atoms with E-state index in [1.165, 1.54) is 17.4 Å². The molecule has 0 aliphatic carbocycles. The van der Waals surface area contributed by atoms with Crippen molar-refractivity contribution in [3.8, 4) is 16.9 Å². The molecule has 1 aromatic heterocycles. The maximum absolute atomic E-state index is 12.8. The largest absolute Gasteiger partial charge is 0.493 e. The number of hydrogen-bond acceptors (Lipinski definition) is 5. The van der Waals surface area contributed by atoms with Crippen LogP contribution in [-0.2, 0) is 9.53 Å². The maximum Gasteiger partial charge on any atom is 0.341 e. The molecule has 6 heteroatoms. The van der Waals surface area contributed by atoms with Crippen LogP contribution in [0.1, 0.15) is 53.7 Å². The summed E-state index contributed by atoms with van der Waals surface area (Å²) in [6.07, 6.45) is 5.19.